The number of sulfonamides is 1. The molecular formula is C19H21N3O5S2. The van der Waals surface area contributed by atoms with Crippen molar-refractivity contribution in [2.24, 2.45) is 0 Å². The summed E-state index contributed by atoms with van der Waals surface area (Å²) < 4.78 is 37.9. The summed E-state index contributed by atoms with van der Waals surface area (Å²) >= 11 is 1.03. The van der Waals surface area contributed by atoms with Crippen molar-refractivity contribution in [1.29, 1.82) is 0 Å². The van der Waals surface area contributed by atoms with E-state index < -0.39 is 16.0 Å². The predicted molar refractivity (Wildman–Crippen MR) is 111 cm³/mol. The third-order valence-corrected chi connectivity index (χ3v) is 7.00. The van der Waals surface area contributed by atoms with Crippen molar-refractivity contribution in [2.45, 2.75) is 17.7 Å². The van der Waals surface area contributed by atoms with Crippen LogP contribution in [0.3, 0.4) is 0 Å². The number of anilines is 1. The van der Waals surface area contributed by atoms with Gasteiger partial charge in [-0.2, -0.15) is 0 Å². The molecule has 154 valence electrons. The van der Waals surface area contributed by atoms with Crippen LogP contribution in [0, 0.1) is 0 Å². The molecule has 0 aliphatic rings. The smallest absolute Gasteiger partial charge is 0.360 e. The number of aromatic nitrogens is 1. The van der Waals surface area contributed by atoms with Crippen LogP contribution in [0.4, 0.5) is 5.69 Å². The van der Waals surface area contributed by atoms with Gasteiger partial charge in [0.15, 0.2) is 11.5 Å². The van der Waals surface area contributed by atoms with Crippen LogP contribution in [0.1, 0.15) is 23.0 Å². The highest BCUT2D eigenvalue weighted by Crippen LogP contribution is 2.31. The number of hydrogen-bond donors (Lipinski definition) is 1. The van der Waals surface area contributed by atoms with Crippen molar-refractivity contribution >= 4 is 33.0 Å². The Kier molecular flexibility index (Phi) is 6.36. The summed E-state index contributed by atoms with van der Waals surface area (Å²) in [5, 5.41) is 3.67. The highest BCUT2D eigenvalue weighted by atomic mass is 32.2. The molecule has 0 saturated carbocycles. The number of rotatable bonds is 8. The third-order valence-electron chi connectivity index (χ3n) is 4.00. The Balaban J connectivity index is 1.69. The van der Waals surface area contributed by atoms with E-state index in [4.69, 9.17) is 9.26 Å². The van der Waals surface area contributed by atoms with Crippen LogP contribution in [-0.4, -0.2) is 40.2 Å². The Morgan fingerprint density at radius 1 is 1.21 bits per heavy atom. The highest BCUT2D eigenvalue weighted by molar-refractivity contribution is 7.91. The van der Waals surface area contributed by atoms with Crippen LogP contribution < -0.4 is 9.62 Å². The van der Waals surface area contributed by atoms with Crippen molar-refractivity contribution in [1.82, 2.24) is 9.88 Å². The van der Waals surface area contributed by atoms with Crippen molar-refractivity contribution in [3.8, 4) is 10.6 Å². The molecule has 8 nitrogen and oxygen atoms in total. The van der Waals surface area contributed by atoms with E-state index in [0.29, 0.717) is 10.6 Å². The maximum atomic E-state index is 12.6. The fourth-order valence-electron chi connectivity index (χ4n) is 2.45. The Morgan fingerprint density at radius 3 is 2.59 bits per heavy atom. The molecule has 0 atom stereocenters. The van der Waals surface area contributed by atoms with E-state index in [0.717, 1.165) is 22.6 Å². The lowest BCUT2D eigenvalue weighted by atomic mass is 10.2. The van der Waals surface area contributed by atoms with Gasteiger partial charge >= 0.3 is 5.97 Å². The van der Waals surface area contributed by atoms with Gasteiger partial charge in [0, 0.05) is 32.4 Å². The molecule has 29 heavy (non-hydrogen) atoms. The first-order valence-electron chi connectivity index (χ1n) is 8.80. The first kappa shape index (κ1) is 21.0. The van der Waals surface area contributed by atoms with Gasteiger partial charge in [0.25, 0.3) is 0 Å². The fourth-order valence-corrected chi connectivity index (χ4v) is 4.77. The Morgan fingerprint density at radius 2 is 1.93 bits per heavy atom. The number of ether oxygens (including phenoxy) is 1. The number of nitrogens with one attached hydrogen (secondary N) is 1. The summed E-state index contributed by atoms with van der Waals surface area (Å²) in [5.74, 6) is -0.285. The van der Waals surface area contributed by atoms with Crippen molar-refractivity contribution in [3.05, 3.63) is 53.7 Å². The summed E-state index contributed by atoms with van der Waals surface area (Å²) in [5.41, 5.74) is 1.93. The van der Waals surface area contributed by atoms with Gasteiger partial charge < -0.3 is 14.2 Å². The summed E-state index contributed by atoms with van der Waals surface area (Å²) in [6, 6.07) is 12.1. The van der Waals surface area contributed by atoms with Crippen LogP contribution in [0.5, 0.6) is 0 Å². The second-order valence-corrected chi connectivity index (χ2v) is 9.38. The van der Waals surface area contributed by atoms with Crippen molar-refractivity contribution in [3.63, 3.8) is 0 Å². The van der Waals surface area contributed by atoms with Gasteiger partial charge in [0.2, 0.25) is 10.0 Å². The van der Waals surface area contributed by atoms with E-state index in [-0.39, 0.29) is 23.1 Å². The topological polar surface area (TPSA) is 102 Å². The number of hydrogen-bond acceptors (Lipinski definition) is 8. The Bertz CT molecular complexity index is 1090. The summed E-state index contributed by atoms with van der Waals surface area (Å²) in [4.78, 5) is 14.2. The maximum absolute atomic E-state index is 12.6. The van der Waals surface area contributed by atoms with Gasteiger partial charge in [-0.1, -0.05) is 17.3 Å². The van der Waals surface area contributed by atoms with E-state index in [1.807, 2.05) is 43.3 Å². The second kappa shape index (κ2) is 8.76. The van der Waals surface area contributed by atoms with Crippen LogP contribution in [-0.2, 0) is 21.3 Å². The molecule has 0 unspecified atom stereocenters. The zero-order chi connectivity index (χ0) is 21.0. The number of thiophene rings is 1. The summed E-state index contributed by atoms with van der Waals surface area (Å²) in [6.07, 6.45) is 0. The number of carbonyl (C=O) groups excluding carboxylic acids is 1. The van der Waals surface area contributed by atoms with Gasteiger partial charge in [-0.25, -0.2) is 17.9 Å². The average Bonchev–Trinajstić information content (AvgIpc) is 3.37. The molecule has 0 aliphatic heterocycles. The van der Waals surface area contributed by atoms with E-state index >= 15 is 0 Å². The largest absolute Gasteiger partial charge is 0.461 e. The lowest BCUT2D eigenvalue weighted by Crippen LogP contribution is -2.22. The molecule has 0 fully saturated rings. The number of carbonyl (C=O) groups is 1. The first-order valence-corrected chi connectivity index (χ1v) is 11.1. The molecule has 10 heteroatoms. The molecule has 3 rings (SSSR count). The second-order valence-electron chi connectivity index (χ2n) is 6.30. The van der Waals surface area contributed by atoms with Crippen molar-refractivity contribution in [2.75, 3.05) is 25.6 Å². The van der Waals surface area contributed by atoms with Crippen LogP contribution in [0.15, 0.2) is 51.2 Å². The molecule has 0 spiro atoms. The summed E-state index contributed by atoms with van der Waals surface area (Å²) in [6.45, 7) is 2.10. The number of esters is 1. The van der Waals surface area contributed by atoms with E-state index in [1.54, 1.807) is 13.0 Å². The zero-order valence-electron chi connectivity index (χ0n) is 16.2. The standard InChI is InChI=1S/C19H21N3O5S2/c1-4-26-19(23)15-11-16(27-21-15)17-9-10-18(28-17)29(24,25)20-12-13-5-7-14(8-6-13)22(2)3/h5-11,20H,4,12H2,1-3H3. The van der Waals surface area contributed by atoms with Gasteiger partial charge in [0.05, 0.1) is 11.5 Å². The van der Waals surface area contributed by atoms with E-state index in [1.165, 1.54) is 12.1 Å². The van der Waals surface area contributed by atoms with E-state index in [9.17, 15) is 13.2 Å². The molecule has 1 N–H and O–H groups in total. The van der Waals surface area contributed by atoms with Crippen LogP contribution >= 0.6 is 11.3 Å². The zero-order valence-corrected chi connectivity index (χ0v) is 17.8. The summed E-state index contributed by atoms with van der Waals surface area (Å²) in [7, 11) is 0.196. The minimum absolute atomic E-state index is 0.0407. The van der Waals surface area contributed by atoms with E-state index in [2.05, 4.69) is 9.88 Å². The van der Waals surface area contributed by atoms with Crippen LogP contribution in [0.25, 0.3) is 10.6 Å². The molecule has 0 saturated heterocycles. The lowest BCUT2D eigenvalue weighted by molar-refractivity contribution is 0.0514. The molecule has 2 heterocycles. The normalized spacial score (nSPS) is 11.4. The maximum Gasteiger partial charge on any atom is 0.360 e. The number of nitrogens with zero attached hydrogens (tertiary/aromatic N) is 2. The third kappa shape index (κ3) is 5.03. The minimum atomic E-state index is -3.69. The molecular weight excluding hydrogens is 414 g/mol. The molecule has 0 amide bonds. The SMILES string of the molecule is CCOC(=O)c1cc(-c2ccc(S(=O)(=O)NCc3ccc(N(C)C)cc3)s2)on1. The monoisotopic (exact) mass is 435 g/mol. The van der Waals surface area contributed by atoms with Gasteiger partial charge in [-0.3, -0.25) is 0 Å². The fraction of sp³-hybridized carbons (Fsp3) is 0.263. The van der Waals surface area contributed by atoms with Crippen molar-refractivity contribution < 1.29 is 22.5 Å². The Hall–Kier alpha value is -2.69. The highest BCUT2D eigenvalue weighted by Gasteiger charge is 2.20. The lowest BCUT2D eigenvalue weighted by Gasteiger charge is -2.12. The van der Waals surface area contributed by atoms with Crippen LogP contribution in [0.2, 0.25) is 0 Å². The molecule has 2 aromatic heterocycles. The molecule has 0 radical (unpaired) electrons. The van der Waals surface area contributed by atoms with Gasteiger partial charge in [-0.15, -0.1) is 11.3 Å². The number of benzene rings is 1. The predicted octanol–water partition coefficient (Wildman–Crippen LogP) is 3.12. The molecule has 0 aliphatic carbocycles. The average molecular weight is 436 g/mol. The first-order chi connectivity index (χ1) is 13.8. The molecule has 0 bridgehead atoms. The van der Waals surface area contributed by atoms with Gasteiger partial charge in [-0.05, 0) is 36.8 Å². The minimum Gasteiger partial charge on any atom is -0.461 e. The Labute approximate surface area is 173 Å². The molecule has 3 aromatic rings. The van der Waals surface area contributed by atoms with Gasteiger partial charge in [0.1, 0.15) is 4.21 Å². The molecule has 1 aromatic carbocycles. The quantitative estimate of drug-likeness (QED) is 0.542.